The van der Waals surface area contributed by atoms with Crippen LogP contribution in [0.3, 0.4) is 0 Å². The molecule has 7 nitrogen and oxygen atoms in total. The smallest absolute Gasteiger partial charge is 0.338 e. The molecule has 0 aliphatic rings. The Bertz CT molecular complexity index is 923. The summed E-state index contributed by atoms with van der Waals surface area (Å²) in [5.74, 6) is -1.17. The molecule has 0 fully saturated rings. The summed E-state index contributed by atoms with van der Waals surface area (Å²) in [6.07, 6.45) is -1.01. The largest absolute Gasteiger partial charge is 0.449 e. The van der Waals surface area contributed by atoms with Crippen LogP contribution in [-0.2, 0) is 19.6 Å². The minimum Gasteiger partial charge on any atom is -0.449 e. The molecule has 0 saturated heterocycles. The van der Waals surface area contributed by atoms with Gasteiger partial charge in [-0.25, -0.2) is 17.9 Å². The van der Waals surface area contributed by atoms with Crippen molar-refractivity contribution in [1.82, 2.24) is 4.72 Å². The normalized spacial score (nSPS) is 12.3. The highest BCUT2D eigenvalue weighted by molar-refractivity contribution is 7.89. The lowest BCUT2D eigenvalue weighted by Crippen LogP contribution is -2.30. The van der Waals surface area contributed by atoms with Crippen molar-refractivity contribution in [2.24, 2.45) is 0 Å². The Morgan fingerprint density at radius 3 is 2.37 bits per heavy atom. The number of amides is 1. The molecule has 2 N–H and O–H groups in total. The van der Waals surface area contributed by atoms with Gasteiger partial charge in [0, 0.05) is 12.2 Å². The Hall–Kier alpha value is -2.71. The number of hydrogen-bond acceptors (Lipinski definition) is 5. The summed E-state index contributed by atoms with van der Waals surface area (Å²) in [7, 11) is -3.59. The number of esters is 1. The van der Waals surface area contributed by atoms with Gasteiger partial charge >= 0.3 is 5.97 Å². The molecule has 27 heavy (non-hydrogen) atoms. The summed E-state index contributed by atoms with van der Waals surface area (Å²) in [6, 6.07) is 12.6. The number of ether oxygens (including phenoxy) is 1. The Kier molecular flexibility index (Phi) is 6.70. The minimum absolute atomic E-state index is 0.0474. The van der Waals surface area contributed by atoms with E-state index in [0.29, 0.717) is 5.69 Å². The van der Waals surface area contributed by atoms with Crippen molar-refractivity contribution < 1.29 is 22.7 Å². The third-order valence-electron chi connectivity index (χ3n) is 3.67. The zero-order chi connectivity index (χ0) is 20.0. The number of anilines is 1. The van der Waals surface area contributed by atoms with Gasteiger partial charge in [-0.3, -0.25) is 4.79 Å². The molecule has 2 aromatic carbocycles. The molecule has 2 rings (SSSR count). The first-order valence-corrected chi connectivity index (χ1v) is 9.89. The number of carbonyl (C=O) groups excluding carboxylic acids is 2. The van der Waals surface area contributed by atoms with Gasteiger partial charge in [-0.15, -0.1) is 0 Å². The fourth-order valence-electron chi connectivity index (χ4n) is 2.29. The Balaban J connectivity index is 2.00. The van der Waals surface area contributed by atoms with Gasteiger partial charge in [0.05, 0.1) is 10.5 Å². The summed E-state index contributed by atoms with van der Waals surface area (Å²) in [4.78, 5) is 24.4. The van der Waals surface area contributed by atoms with E-state index in [0.717, 1.165) is 5.56 Å². The van der Waals surface area contributed by atoms with E-state index in [1.165, 1.54) is 31.2 Å². The van der Waals surface area contributed by atoms with Gasteiger partial charge in [0.25, 0.3) is 5.91 Å². The van der Waals surface area contributed by atoms with Crippen LogP contribution in [0.4, 0.5) is 5.69 Å². The van der Waals surface area contributed by atoms with Crippen LogP contribution in [-0.4, -0.2) is 32.9 Å². The monoisotopic (exact) mass is 390 g/mol. The molecule has 0 heterocycles. The molecule has 0 aromatic heterocycles. The Morgan fingerprint density at radius 1 is 1.11 bits per heavy atom. The van der Waals surface area contributed by atoms with Gasteiger partial charge in [0.1, 0.15) is 0 Å². The van der Waals surface area contributed by atoms with Gasteiger partial charge in [0.15, 0.2) is 6.10 Å². The maximum Gasteiger partial charge on any atom is 0.338 e. The average molecular weight is 390 g/mol. The van der Waals surface area contributed by atoms with Crippen LogP contribution in [0.15, 0.2) is 53.4 Å². The molecule has 2 aromatic rings. The Labute approximate surface area is 158 Å². The quantitative estimate of drug-likeness (QED) is 0.707. The summed E-state index contributed by atoms with van der Waals surface area (Å²) < 4.78 is 31.3. The van der Waals surface area contributed by atoms with Crippen LogP contribution in [0.1, 0.15) is 29.8 Å². The zero-order valence-corrected chi connectivity index (χ0v) is 16.2. The zero-order valence-electron chi connectivity index (χ0n) is 15.4. The van der Waals surface area contributed by atoms with Crippen LogP contribution in [0.25, 0.3) is 0 Å². The molecule has 0 saturated carbocycles. The number of aryl methyl sites for hydroxylation is 1. The van der Waals surface area contributed by atoms with Crippen molar-refractivity contribution in [3.63, 3.8) is 0 Å². The van der Waals surface area contributed by atoms with E-state index in [2.05, 4.69) is 10.0 Å². The lowest BCUT2D eigenvalue weighted by atomic mass is 10.2. The molecule has 1 atom stereocenters. The standard InChI is InChI=1S/C19H22N2O5S/c1-4-20-27(24,25)17-10-8-15(9-11-17)19(23)26-14(3)18(22)21-16-7-5-6-13(2)12-16/h5-12,14,20H,4H2,1-3H3,(H,21,22)/t14-/m0/s1. The van der Waals surface area contributed by atoms with Gasteiger partial charge in [-0.05, 0) is 55.8 Å². The van der Waals surface area contributed by atoms with E-state index in [9.17, 15) is 18.0 Å². The van der Waals surface area contributed by atoms with E-state index < -0.39 is 28.0 Å². The third kappa shape index (κ3) is 5.63. The van der Waals surface area contributed by atoms with Crippen molar-refractivity contribution in [3.05, 3.63) is 59.7 Å². The number of benzene rings is 2. The van der Waals surface area contributed by atoms with Crippen LogP contribution in [0.2, 0.25) is 0 Å². The van der Waals surface area contributed by atoms with Crippen LogP contribution in [0.5, 0.6) is 0 Å². The second-order valence-electron chi connectivity index (χ2n) is 5.93. The Morgan fingerprint density at radius 2 is 1.78 bits per heavy atom. The first kappa shape index (κ1) is 20.6. The molecule has 0 aliphatic carbocycles. The first-order chi connectivity index (χ1) is 12.7. The molecular formula is C19H22N2O5S. The molecular weight excluding hydrogens is 368 g/mol. The van der Waals surface area contributed by atoms with E-state index in [-0.39, 0.29) is 17.0 Å². The minimum atomic E-state index is -3.59. The summed E-state index contributed by atoms with van der Waals surface area (Å²) in [5.41, 5.74) is 1.76. The van der Waals surface area contributed by atoms with Crippen molar-refractivity contribution in [1.29, 1.82) is 0 Å². The van der Waals surface area contributed by atoms with E-state index in [1.54, 1.807) is 19.1 Å². The fraction of sp³-hybridized carbons (Fsp3) is 0.263. The predicted molar refractivity (Wildman–Crippen MR) is 102 cm³/mol. The average Bonchev–Trinajstić information content (AvgIpc) is 2.61. The van der Waals surface area contributed by atoms with Crippen LogP contribution >= 0.6 is 0 Å². The fourth-order valence-corrected chi connectivity index (χ4v) is 3.33. The summed E-state index contributed by atoms with van der Waals surface area (Å²) in [5, 5.41) is 2.68. The van der Waals surface area contributed by atoms with E-state index >= 15 is 0 Å². The molecule has 0 spiro atoms. The number of carbonyl (C=O) groups is 2. The number of nitrogens with one attached hydrogen (secondary N) is 2. The number of sulfonamides is 1. The highest BCUT2D eigenvalue weighted by atomic mass is 32.2. The SMILES string of the molecule is CCNS(=O)(=O)c1ccc(C(=O)O[C@@H](C)C(=O)Nc2cccc(C)c2)cc1. The molecule has 1 amide bonds. The van der Waals surface area contributed by atoms with Crippen LogP contribution < -0.4 is 10.0 Å². The van der Waals surface area contributed by atoms with Crippen molar-refractivity contribution in [2.75, 3.05) is 11.9 Å². The van der Waals surface area contributed by atoms with E-state index in [1.807, 2.05) is 19.1 Å². The van der Waals surface area contributed by atoms with Gasteiger partial charge < -0.3 is 10.1 Å². The topological polar surface area (TPSA) is 102 Å². The van der Waals surface area contributed by atoms with Crippen molar-refractivity contribution >= 4 is 27.6 Å². The second-order valence-corrected chi connectivity index (χ2v) is 7.70. The molecule has 0 radical (unpaired) electrons. The molecule has 0 aliphatic heterocycles. The van der Waals surface area contributed by atoms with Gasteiger partial charge in [-0.1, -0.05) is 19.1 Å². The second kappa shape index (κ2) is 8.79. The van der Waals surface area contributed by atoms with Crippen molar-refractivity contribution in [2.45, 2.75) is 31.8 Å². The maximum atomic E-state index is 12.2. The summed E-state index contributed by atoms with van der Waals surface area (Å²) in [6.45, 7) is 5.30. The summed E-state index contributed by atoms with van der Waals surface area (Å²) >= 11 is 0. The number of rotatable bonds is 7. The third-order valence-corrected chi connectivity index (χ3v) is 5.23. The molecule has 144 valence electrons. The lowest BCUT2D eigenvalue weighted by molar-refractivity contribution is -0.123. The van der Waals surface area contributed by atoms with Crippen molar-refractivity contribution in [3.8, 4) is 0 Å². The van der Waals surface area contributed by atoms with Gasteiger partial charge in [0.2, 0.25) is 10.0 Å². The molecule has 0 bridgehead atoms. The van der Waals surface area contributed by atoms with Gasteiger partial charge in [-0.2, -0.15) is 0 Å². The lowest BCUT2D eigenvalue weighted by Gasteiger charge is -2.14. The highest BCUT2D eigenvalue weighted by Gasteiger charge is 2.20. The van der Waals surface area contributed by atoms with Crippen LogP contribution in [0, 0.1) is 6.92 Å². The number of hydrogen-bond donors (Lipinski definition) is 2. The first-order valence-electron chi connectivity index (χ1n) is 8.41. The van der Waals surface area contributed by atoms with E-state index in [4.69, 9.17) is 4.74 Å². The predicted octanol–water partition coefficient (Wildman–Crippen LogP) is 2.48. The molecule has 0 unspecified atom stereocenters. The maximum absolute atomic E-state index is 12.2. The molecule has 8 heteroatoms. The highest BCUT2D eigenvalue weighted by Crippen LogP contribution is 2.13.